The van der Waals surface area contributed by atoms with Gasteiger partial charge in [0.1, 0.15) is 23.0 Å². The van der Waals surface area contributed by atoms with E-state index in [1.807, 2.05) is 0 Å². The Bertz CT molecular complexity index is 1360. The summed E-state index contributed by atoms with van der Waals surface area (Å²) in [7, 11) is 1.57. The van der Waals surface area contributed by atoms with Crippen molar-refractivity contribution in [2.75, 3.05) is 7.11 Å². The van der Waals surface area contributed by atoms with Crippen LogP contribution in [0, 0.1) is 35.5 Å². The summed E-state index contributed by atoms with van der Waals surface area (Å²) in [6.07, 6.45) is 1.54. The second kappa shape index (κ2) is 12.2. The van der Waals surface area contributed by atoms with Crippen molar-refractivity contribution in [3.63, 3.8) is 0 Å². The number of rotatable bonds is 5. The first-order valence-electron chi connectivity index (χ1n) is 16.2. The number of benzene rings is 1. The minimum Gasteiger partial charge on any atom is -0.509 e. The maximum atomic E-state index is 12.8. The lowest BCUT2D eigenvalue weighted by Gasteiger charge is -2.55. The summed E-state index contributed by atoms with van der Waals surface area (Å²) in [5.74, 6) is -1.79. The van der Waals surface area contributed by atoms with Crippen molar-refractivity contribution in [3.05, 3.63) is 46.9 Å². The molecule has 5 aliphatic carbocycles. The van der Waals surface area contributed by atoms with Crippen molar-refractivity contribution in [3.8, 4) is 11.5 Å². The summed E-state index contributed by atoms with van der Waals surface area (Å²) < 4.78 is 10.6. The molecular weight excluding hydrogens is 582 g/mol. The Hall–Kier alpha value is -3.12. The normalized spacial score (nSPS) is 38.9. The molecule has 3 fully saturated rings. The standard InChI is InChI=1S/C34H45NO10/c1-16(36)27-26(38)15-19-13-18-14-24-23(11-12-25(37)29(24)30(39)28(18)32(41)34(19,43)31(27)40)17-3-5-20(6-4-17)35-33(42)45-22-9-7-21(44-2)8-10-22/h7-10,16-20,23-25,29-30,36-37,39-41,43H,3-6,11-15H2,1-2H3,(H,35,42)/t16?,17?,18-,19+,20?,23?,24?,25?,29?,30?,34-/m1/s1. The molecule has 0 spiro atoms. The summed E-state index contributed by atoms with van der Waals surface area (Å²) in [5.41, 5.74) is -2.36. The van der Waals surface area contributed by atoms with Crippen molar-refractivity contribution in [1.82, 2.24) is 5.32 Å². The molecule has 1 amide bonds. The second-order valence-electron chi connectivity index (χ2n) is 13.8. The Balaban J connectivity index is 1.15. The fourth-order valence-electron chi connectivity index (χ4n) is 9.37. The van der Waals surface area contributed by atoms with E-state index in [0.29, 0.717) is 30.3 Å². The Kier molecular flexibility index (Phi) is 8.66. The van der Waals surface area contributed by atoms with Gasteiger partial charge < -0.3 is 45.4 Å². The lowest BCUT2D eigenvalue weighted by atomic mass is 9.52. The Morgan fingerprint density at radius 2 is 1.62 bits per heavy atom. The molecule has 9 atom stereocenters. The van der Waals surface area contributed by atoms with Gasteiger partial charge in [-0.05, 0) is 106 Å². The van der Waals surface area contributed by atoms with Gasteiger partial charge in [0.2, 0.25) is 0 Å². The number of fused-ring (bicyclic) bond motifs is 3. The van der Waals surface area contributed by atoms with Gasteiger partial charge in [-0.1, -0.05) is 0 Å². The van der Waals surface area contributed by atoms with Crippen LogP contribution in [0.1, 0.15) is 64.7 Å². The molecule has 3 saturated carbocycles. The molecule has 11 nitrogen and oxygen atoms in total. The molecule has 6 unspecified atom stereocenters. The lowest BCUT2D eigenvalue weighted by molar-refractivity contribution is -0.130. The van der Waals surface area contributed by atoms with Crippen molar-refractivity contribution in [2.45, 2.75) is 94.7 Å². The van der Waals surface area contributed by atoms with E-state index in [2.05, 4.69) is 5.32 Å². The van der Waals surface area contributed by atoms with Crippen LogP contribution in [0.15, 0.2) is 46.9 Å². The number of ketones is 1. The molecule has 7 N–H and O–H groups in total. The molecule has 45 heavy (non-hydrogen) atoms. The molecule has 0 bridgehead atoms. The zero-order chi connectivity index (χ0) is 32.2. The predicted molar refractivity (Wildman–Crippen MR) is 161 cm³/mol. The van der Waals surface area contributed by atoms with Crippen LogP contribution in [0.25, 0.3) is 0 Å². The molecule has 0 aliphatic heterocycles. The number of hydrogen-bond acceptors (Lipinski definition) is 10. The highest BCUT2D eigenvalue weighted by molar-refractivity contribution is 5.98. The van der Waals surface area contributed by atoms with E-state index in [4.69, 9.17) is 9.47 Å². The van der Waals surface area contributed by atoms with Gasteiger partial charge in [-0.25, -0.2) is 4.79 Å². The number of Topliss-reactive ketones (excluding diaryl/α,β-unsaturated/α-hetero) is 1. The summed E-state index contributed by atoms with van der Waals surface area (Å²) in [5, 5.41) is 70.0. The highest BCUT2D eigenvalue weighted by Crippen LogP contribution is 2.58. The third-order valence-corrected chi connectivity index (χ3v) is 11.5. The van der Waals surface area contributed by atoms with Crippen LogP contribution in [0.2, 0.25) is 0 Å². The molecule has 0 aromatic heterocycles. The SMILES string of the molecule is COc1ccc(OC(=O)NC2CCC(C3CCC(O)C4C(O)C5=C(O)[C@]6(O)C(O)=C(C(C)O)C(=O)C[C@@H]6C[C@@H]5CC34)CC2)cc1. The van der Waals surface area contributed by atoms with E-state index < -0.39 is 59.1 Å². The van der Waals surface area contributed by atoms with Crippen LogP contribution in [0.3, 0.4) is 0 Å². The average Bonchev–Trinajstić information content (AvgIpc) is 3.00. The van der Waals surface area contributed by atoms with Crippen LogP contribution in [0.5, 0.6) is 11.5 Å². The third-order valence-electron chi connectivity index (χ3n) is 11.5. The van der Waals surface area contributed by atoms with Crippen molar-refractivity contribution >= 4 is 11.9 Å². The minimum atomic E-state index is -2.27. The van der Waals surface area contributed by atoms with Crippen LogP contribution in [-0.4, -0.2) is 79.6 Å². The van der Waals surface area contributed by atoms with Crippen LogP contribution < -0.4 is 14.8 Å². The van der Waals surface area contributed by atoms with Gasteiger partial charge in [0.15, 0.2) is 11.4 Å². The maximum Gasteiger partial charge on any atom is 0.412 e. The van der Waals surface area contributed by atoms with Crippen LogP contribution >= 0.6 is 0 Å². The molecule has 0 heterocycles. The predicted octanol–water partition coefficient (Wildman–Crippen LogP) is 3.46. The average molecular weight is 628 g/mol. The maximum absolute atomic E-state index is 12.8. The molecule has 0 radical (unpaired) electrons. The van der Waals surface area contributed by atoms with Crippen molar-refractivity contribution in [2.24, 2.45) is 35.5 Å². The largest absolute Gasteiger partial charge is 0.509 e. The molecule has 246 valence electrons. The first-order valence-corrected chi connectivity index (χ1v) is 16.2. The van der Waals surface area contributed by atoms with Gasteiger partial charge in [-0.2, -0.15) is 0 Å². The number of methoxy groups -OCH3 is 1. The number of aliphatic hydroxyl groups is 6. The monoisotopic (exact) mass is 627 g/mol. The summed E-state index contributed by atoms with van der Waals surface area (Å²) in [4.78, 5) is 25.3. The summed E-state index contributed by atoms with van der Waals surface area (Å²) >= 11 is 0. The highest BCUT2D eigenvalue weighted by Gasteiger charge is 2.60. The van der Waals surface area contributed by atoms with E-state index in [0.717, 1.165) is 32.1 Å². The summed E-state index contributed by atoms with van der Waals surface area (Å²) in [6.45, 7) is 1.32. The topological polar surface area (TPSA) is 186 Å². The first-order chi connectivity index (χ1) is 21.4. The number of carbonyl (C=O) groups excluding carboxylic acids is 2. The highest BCUT2D eigenvalue weighted by atomic mass is 16.6. The van der Waals surface area contributed by atoms with Crippen molar-refractivity contribution in [1.29, 1.82) is 0 Å². The van der Waals surface area contributed by atoms with Gasteiger partial charge in [0.05, 0.1) is 31.0 Å². The molecule has 11 heteroatoms. The molecule has 6 rings (SSSR count). The van der Waals surface area contributed by atoms with E-state index >= 15 is 0 Å². The quantitative estimate of drug-likeness (QED) is 0.255. The number of hydrogen-bond donors (Lipinski definition) is 7. The second-order valence-corrected chi connectivity index (χ2v) is 13.8. The number of nitrogens with one attached hydrogen (secondary N) is 1. The van der Waals surface area contributed by atoms with E-state index in [1.54, 1.807) is 31.4 Å². The van der Waals surface area contributed by atoms with E-state index in [1.165, 1.54) is 6.92 Å². The van der Waals surface area contributed by atoms with E-state index in [-0.39, 0.29) is 47.8 Å². The van der Waals surface area contributed by atoms with Gasteiger partial charge >= 0.3 is 6.09 Å². The van der Waals surface area contributed by atoms with Gasteiger partial charge in [0.25, 0.3) is 0 Å². The van der Waals surface area contributed by atoms with Gasteiger partial charge in [0, 0.05) is 29.9 Å². The third kappa shape index (κ3) is 5.51. The lowest BCUT2D eigenvalue weighted by Crippen LogP contribution is -2.58. The van der Waals surface area contributed by atoms with Crippen LogP contribution in [-0.2, 0) is 4.79 Å². The van der Waals surface area contributed by atoms with Crippen molar-refractivity contribution < 1.29 is 49.7 Å². The van der Waals surface area contributed by atoms with Gasteiger partial charge in [-0.3, -0.25) is 4.79 Å². The molecule has 0 saturated heterocycles. The number of carbonyl (C=O) groups is 2. The smallest absolute Gasteiger partial charge is 0.412 e. The summed E-state index contributed by atoms with van der Waals surface area (Å²) in [6, 6.07) is 6.77. The number of ether oxygens (including phenoxy) is 2. The van der Waals surface area contributed by atoms with E-state index in [9.17, 15) is 40.2 Å². The first kappa shape index (κ1) is 31.8. The number of amides is 1. The Labute approximate surface area is 262 Å². The molecule has 1 aromatic rings. The Morgan fingerprint density at radius 1 is 0.956 bits per heavy atom. The zero-order valence-corrected chi connectivity index (χ0v) is 25.8. The minimum absolute atomic E-state index is 0.0208. The number of aliphatic hydroxyl groups excluding tert-OH is 5. The molecule has 5 aliphatic rings. The Morgan fingerprint density at radius 3 is 2.27 bits per heavy atom. The molecular formula is C34H45NO10. The fourth-order valence-corrected chi connectivity index (χ4v) is 9.37. The zero-order valence-electron chi connectivity index (χ0n) is 25.8. The molecule has 1 aromatic carbocycles. The van der Waals surface area contributed by atoms with Gasteiger partial charge in [-0.15, -0.1) is 0 Å². The fraction of sp³-hybridized carbons (Fsp3) is 0.647. The van der Waals surface area contributed by atoms with Crippen LogP contribution in [0.4, 0.5) is 4.79 Å².